The van der Waals surface area contributed by atoms with Gasteiger partial charge in [-0.1, -0.05) is 13.0 Å². The van der Waals surface area contributed by atoms with E-state index < -0.39 is 4.92 Å². The Hall–Kier alpha value is -2.55. The number of non-ortho nitro benzene ring substituents is 1. The molecule has 3 rings (SSSR count). The molecule has 0 unspecified atom stereocenters. The summed E-state index contributed by atoms with van der Waals surface area (Å²) in [5.74, 6) is 0.705. The molecule has 25 heavy (non-hydrogen) atoms. The Labute approximate surface area is 150 Å². The Balaban J connectivity index is 1.73. The first-order chi connectivity index (χ1) is 12.1. The SMILES string of the molecule is CCCNC(=S)N(Cc1nnc(-c2cccc([N+](=O)[O-])c2)o1)C1CC1. The number of nitro groups is 1. The summed E-state index contributed by atoms with van der Waals surface area (Å²) in [6.07, 6.45) is 3.19. The van der Waals surface area contributed by atoms with E-state index in [2.05, 4.69) is 27.3 Å². The number of hydrogen-bond donors (Lipinski definition) is 1. The van der Waals surface area contributed by atoms with Crippen LogP contribution in [-0.4, -0.2) is 37.7 Å². The maximum absolute atomic E-state index is 10.9. The van der Waals surface area contributed by atoms with Crippen LogP contribution in [0, 0.1) is 10.1 Å². The summed E-state index contributed by atoms with van der Waals surface area (Å²) in [6, 6.07) is 6.55. The molecule has 0 bridgehead atoms. The molecular formula is C16H19N5O3S. The minimum absolute atomic E-state index is 0.0122. The second-order valence-corrected chi connectivity index (χ2v) is 6.29. The molecule has 0 amide bonds. The topological polar surface area (TPSA) is 97.3 Å². The van der Waals surface area contributed by atoms with Gasteiger partial charge in [-0.25, -0.2) is 0 Å². The molecule has 0 saturated heterocycles. The van der Waals surface area contributed by atoms with Crippen LogP contribution in [0.25, 0.3) is 11.5 Å². The summed E-state index contributed by atoms with van der Waals surface area (Å²) < 4.78 is 5.69. The zero-order chi connectivity index (χ0) is 17.8. The van der Waals surface area contributed by atoms with Gasteiger partial charge in [-0.2, -0.15) is 0 Å². The molecule has 1 aromatic heterocycles. The molecule has 1 aromatic carbocycles. The summed E-state index contributed by atoms with van der Waals surface area (Å²) in [4.78, 5) is 12.5. The molecule has 0 aliphatic heterocycles. The van der Waals surface area contributed by atoms with E-state index in [4.69, 9.17) is 16.6 Å². The van der Waals surface area contributed by atoms with Crippen molar-refractivity contribution in [2.45, 2.75) is 38.8 Å². The van der Waals surface area contributed by atoms with Gasteiger partial charge in [-0.15, -0.1) is 10.2 Å². The van der Waals surface area contributed by atoms with Crippen LogP contribution < -0.4 is 5.32 Å². The van der Waals surface area contributed by atoms with Gasteiger partial charge in [-0.3, -0.25) is 10.1 Å². The number of thiocarbonyl (C=S) groups is 1. The minimum atomic E-state index is -0.451. The van der Waals surface area contributed by atoms with Crippen LogP contribution in [-0.2, 0) is 6.54 Å². The molecule has 1 fully saturated rings. The van der Waals surface area contributed by atoms with Crippen LogP contribution in [0.4, 0.5) is 5.69 Å². The van der Waals surface area contributed by atoms with Gasteiger partial charge >= 0.3 is 0 Å². The smallest absolute Gasteiger partial charge is 0.270 e. The fraction of sp³-hybridized carbons (Fsp3) is 0.438. The van der Waals surface area contributed by atoms with Crippen LogP contribution in [0.3, 0.4) is 0 Å². The molecule has 0 atom stereocenters. The van der Waals surface area contributed by atoms with Crippen LogP contribution in [0.2, 0.25) is 0 Å². The lowest BCUT2D eigenvalue weighted by atomic mass is 10.2. The Kier molecular flexibility index (Phi) is 5.22. The lowest BCUT2D eigenvalue weighted by molar-refractivity contribution is -0.384. The molecule has 1 aliphatic carbocycles. The summed E-state index contributed by atoms with van der Waals surface area (Å²) in [6.45, 7) is 3.34. The highest BCUT2D eigenvalue weighted by Gasteiger charge is 2.32. The Morgan fingerprint density at radius 3 is 2.96 bits per heavy atom. The second kappa shape index (κ2) is 7.56. The highest BCUT2D eigenvalue weighted by Crippen LogP contribution is 2.29. The standard InChI is InChI=1S/C16H19N5O3S/c1-2-8-17-16(25)20(12-6-7-12)10-14-18-19-15(24-14)11-4-3-5-13(9-11)21(22)23/h3-5,9,12H,2,6-8,10H2,1H3,(H,17,25). The summed E-state index contributed by atoms with van der Waals surface area (Å²) in [5, 5.41) is 22.9. The molecule has 1 saturated carbocycles. The molecule has 0 spiro atoms. The Bertz CT molecular complexity index is 775. The lowest BCUT2D eigenvalue weighted by Gasteiger charge is -2.23. The number of rotatable bonds is 7. The van der Waals surface area contributed by atoms with E-state index in [0.717, 1.165) is 25.8 Å². The molecule has 132 valence electrons. The molecule has 1 aliphatic rings. The number of nitro benzene ring substituents is 1. The number of aromatic nitrogens is 2. The summed E-state index contributed by atoms with van der Waals surface area (Å²) in [7, 11) is 0. The maximum Gasteiger partial charge on any atom is 0.270 e. The number of nitrogens with one attached hydrogen (secondary N) is 1. The van der Waals surface area contributed by atoms with Gasteiger partial charge in [0.2, 0.25) is 11.8 Å². The first-order valence-corrected chi connectivity index (χ1v) is 8.61. The Morgan fingerprint density at radius 2 is 2.28 bits per heavy atom. The van der Waals surface area contributed by atoms with E-state index in [1.165, 1.54) is 12.1 Å². The third kappa shape index (κ3) is 4.30. The molecular weight excluding hydrogens is 342 g/mol. The van der Waals surface area contributed by atoms with Crippen molar-refractivity contribution >= 4 is 23.0 Å². The highest BCUT2D eigenvalue weighted by atomic mass is 32.1. The fourth-order valence-electron chi connectivity index (χ4n) is 2.42. The van der Waals surface area contributed by atoms with Gasteiger partial charge < -0.3 is 14.6 Å². The van der Waals surface area contributed by atoms with Crippen molar-refractivity contribution in [3.63, 3.8) is 0 Å². The Morgan fingerprint density at radius 1 is 1.48 bits per heavy atom. The first kappa shape index (κ1) is 17.3. The molecule has 1 N–H and O–H groups in total. The van der Waals surface area contributed by atoms with E-state index in [1.54, 1.807) is 12.1 Å². The van der Waals surface area contributed by atoms with Crippen LogP contribution >= 0.6 is 12.2 Å². The number of hydrogen-bond acceptors (Lipinski definition) is 6. The van der Waals surface area contributed by atoms with E-state index >= 15 is 0 Å². The summed E-state index contributed by atoms with van der Waals surface area (Å²) >= 11 is 5.45. The molecule has 8 nitrogen and oxygen atoms in total. The van der Waals surface area contributed by atoms with E-state index in [9.17, 15) is 10.1 Å². The van der Waals surface area contributed by atoms with Crippen molar-refractivity contribution in [2.24, 2.45) is 0 Å². The lowest BCUT2D eigenvalue weighted by Crippen LogP contribution is -2.41. The van der Waals surface area contributed by atoms with Gasteiger partial charge in [0.1, 0.15) is 0 Å². The van der Waals surface area contributed by atoms with E-state index in [-0.39, 0.29) is 11.6 Å². The molecule has 9 heteroatoms. The molecule has 2 aromatic rings. The molecule has 0 radical (unpaired) electrons. The zero-order valence-corrected chi connectivity index (χ0v) is 14.7. The van der Waals surface area contributed by atoms with Crippen molar-refractivity contribution < 1.29 is 9.34 Å². The number of benzene rings is 1. The third-order valence-corrected chi connectivity index (χ3v) is 4.23. The largest absolute Gasteiger partial charge is 0.419 e. The van der Waals surface area contributed by atoms with Gasteiger partial charge in [0, 0.05) is 30.3 Å². The monoisotopic (exact) mass is 361 g/mol. The van der Waals surface area contributed by atoms with Crippen molar-refractivity contribution in [1.82, 2.24) is 20.4 Å². The predicted molar refractivity (Wildman–Crippen MR) is 95.8 cm³/mol. The average molecular weight is 361 g/mol. The van der Waals surface area contributed by atoms with E-state index in [1.807, 2.05) is 0 Å². The predicted octanol–water partition coefficient (Wildman–Crippen LogP) is 2.89. The normalized spacial score (nSPS) is 13.5. The van der Waals surface area contributed by atoms with Crippen molar-refractivity contribution in [2.75, 3.05) is 6.54 Å². The van der Waals surface area contributed by atoms with Crippen molar-refractivity contribution in [3.8, 4) is 11.5 Å². The number of nitrogens with zero attached hydrogens (tertiary/aromatic N) is 4. The average Bonchev–Trinajstić information content (AvgIpc) is 3.35. The first-order valence-electron chi connectivity index (χ1n) is 8.20. The van der Waals surface area contributed by atoms with Gasteiger partial charge in [0.25, 0.3) is 5.69 Å². The van der Waals surface area contributed by atoms with E-state index in [0.29, 0.717) is 29.2 Å². The van der Waals surface area contributed by atoms with Gasteiger partial charge in [0.15, 0.2) is 5.11 Å². The van der Waals surface area contributed by atoms with Gasteiger partial charge in [-0.05, 0) is 37.5 Å². The quantitative estimate of drug-likeness (QED) is 0.457. The minimum Gasteiger partial charge on any atom is -0.419 e. The fourth-order valence-corrected chi connectivity index (χ4v) is 2.73. The van der Waals surface area contributed by atoms with Crippen LogP contribution in [0.15, 0.2) is 28.7 Å². The van der Waals surface area contributed by atoms with Crippen molar-refractivity contribution in [3.05, 3.63) is 40.3 Å². The zero-order valence-electron chi connectivity index (χ0n) is 13.8. The summed E-state index contributed by atoms with van der Waals surface area (Å²) in [5.41, 5.74) is 0.513. The maximum atomic E-state index is 10.9. The van der Waals surface area contributed by atoms with Crippen LogP contribution in [0.5, 0.6) is 0 Å². The highest BCUT2D eigenvalue weighted by molar-refractivity contribution is 7.80. The second-order valence-electron chi connectivity index (χ2n) is 5.90. The molecule has 1 heterocycles. The van der Waals surface area contributed by atoms with Gasteiger partial charge in [0.05, 0.1) is 11.5 Å². The van der Waals surface area contributed by atoms with Crippen molar-refractivity contribution in [1.29, 1.82) is 0 Å². The van der Waals surface area contributed by atoms with Crippen LogP contribution in [0.1, 0.15) is 32.1 Å². The third-order valence-electron chi connectivity index (χ3n) is 3.85.